The molecule has 0 N–H and O–H groups in total. The Morgan fingerprint density at radius 2 is 1.64 bits per heavy atom. The molecule has 3 aromatic rings. The van der Waals surface area contributed by atoms with Gasteiger partial charge in [0.1, 0.15) is 5.82 Å². The van der Waals surface area contributed by atoms with Crippen LogP contribution in [0.25, 0.3) is 0 Å². The third-order valence-corrected chi connectivity index (χ3v) is 5.42. The molecule has 0 aliphatic heterocycles. The van der Waals surface area contributed by atoms with Crippen LogP contribution in [-0.4, -0.2) is 37.9 Å². The van der Waals surface area contributed by atoms with Crippen molar-refractivity contribution in [1.82, 2.24) is 19.7 Å². The number of thioether (sulfide) groups is 1. The summed E-state index contributed by atoms with van der Waals surface area (Å²) in [6.45, 7) is 6.14. The molecule has 0 aliphatic rings. The second-order valence-corrected chi connectivity index (χ2v) is 7.63. The molecule has 0 radical (unpaired) electrons. The normalized spacial score (nSPS) is 10.8. The van der Waals surface area contributed by atoms with E-state index in [1.807, 2.05) is 48.2 Å². The fraction of sp³-hybridized carbons (Fsp3) is 0.318. The molecule has 0 bridgehead atoms. The Bertz CT molecular complexity index is 880. The van der Waals surface area contributed by atoms with Crippen molar-refractivity contribution in [2.24, 2.45) is 0 Å². The fourth-order valence-corrected chi connectivity index (χ4v) is 3.89. The van der Waals surface area contributed by atoms with Crippen molar-refractivity contribution in [1.29, 1.82) is 0 Å². The van der Waals surface area contributed by atoms with Gasteiger partial charge >= 0.3 is 0 Å². The number of aryl methyl sites for hydroxylation is 1. The van der Waals surface area contributed by atoms with E-state index in [1.54, 1.807) is 0 Å². The van der Waals surface area contributed by atoms with Crippen LogP contribution in [0.3, 0.4) is 0 Å². The van der Waals surface area contributed by atoms with Gasteiger partial charge in [0.2, 0.25) is 5.91 Å². The van der Waals surface area contributed by atoms with Crippen LogP contribution in [-0.2, 0) is 17.9 Å². The largest absolute Gasteiger partial charge is 0.338 e. The monoisotopic (exact) mass is 394 g/mol. The van der Waals surface area contributed by atoms with Crippen molar-refractivity contribution in [3.8, 4) is 0 Å². The molecular formula is C22H26N4OS. The Hall–Kier alpha value is -2.60. The summed E-state index contributed by atoms with van der Waals surface area (Å²) in [5, 5.41) is 9.27. The van der Waals surface area contributed by atoms with Gasteiger partial charge in [-0.25, -0.2) is 0 Å². The lowest BCUT2D eigenvalue weighted by atomic mass is 10.2. The summed E-state index contributed by atoms with van der Waals surface area (Å²) in [5.74, 6) is 1.34. The zero-order valence-corrected chi connectivity index (χ0v) is 17.2. The predicted octanol–water partition coefficient (Wildman–Crippen LogP) is 4.17. The van der Waals surface area contributed by atoms with Gasteiger partial charge in [-0.05, 0) is 24.5 Å². The zero-order chi connectivity index (χ0) is 19.8. The number of nitrogens with zero attached hydrogens (tertiary/aromatic N) is 4. The van der Waals surface area contributed by atoms with Crippen molar-refractivity contribution in [2.75, 3.05) is 12.3 Å². The maximum Gasteiger partial charge on any atom is 0.233 e. The highest BCUT2D eigenvalue weighted by Gasteiger charge is 2.17. The molecule has 1 amide bonds. The van der Waals surface area contributed by atoms with Crippen molar-refractivity contribution in [3.05, 3.63) is 77.6 Å². The predicted molar refractivity (Wildman–Crippen MR) is 113 cm³/mol. The Balaban J connectivity index is 1.64. The maximum atomic E-state index is 12.8. The SMILES string of the molecule is CCCN(Cc1ccccc1)C(=O)CSc1nnc(C)n1Cc1ccccc1. The smallest absolute Gasteiger partial charge is 0.233 e. The van der Waals surface area contributed by atoms with Gasteiger partial charge < -0.3 is 9.47 Å². The highest BCUT2D eigenvalue weighted by Crippen LogP contribution is 2.19. The van der Waals surface area contributed by atoms with Crippen LogP contribution in [0.15, 0.2) is 65.8 Å². The fourth-order valence-electron chi connectivity index (χ4n) is 3.00. The van der Waals surface area contributed by atoms with Gasteiger partial charge in [0.05, 0.1) is 12.3 Å². The van der Waals surface area contributed by atoms with E-state index in [0.29, 0.717) is 18.8 Å². The molecule has 0 saturated carbocycles. The number of amides is 1. The first-order valence-corrected chi connectivity index (χ1v) is 10.5. The Labute approximate surface area is 170 Å². The summed E-state index contributed by atoms with van der Waals surface area (Å²) in [4.78, 5) is 14.8. The summed E-state index contributed by atoms with van der Waals surface area (Å²) in [6, 6.07) is 20.4. The van der Waals surface area contributed by atoms with Gasteiger partial charge in [-0.15, -0.1) is 10.2 Å². The molecule has 0 saturated heterocycles. The third-order valence-electron chi connectivity index (χ3n) is 4.47. The van der Waals surface area contributed by atoms with Gasteiger partial charge in [0, 0.05) is 13.1 Å². The number of hydrogen-bond donors (Lipinski definition) is 0. The summed E-state index contributed by atoms with van der Waals surface area (Å²) in [6.07, 6.45) is 0.937. The zero-order valence-electron chi connectivity index (χ0n) is 16.4. The van der Waals surface area contributed by atoms with Crippen molar-refractivity contribution in [2.45, 2.75) is 38.5 Å². The van der Waals surface area contributed by atoms with E-state index in [0.717, 1.165) is 29.5 Å². The van der Waals surface area contributed by atoms with E-state index >= 15 is 0 Å². The Kier molecular flexibility index (Phi) is 7.25. The lowest BCUT2D eigenvalue weighted by molar-refractivity contribution is -0.129. The average molecular weight is 395 g/mol. The molecule has 0 unspecified atom stereocenters. The van der Waals surface area contributed by atoms with E-state index in [-0.39, 0.29) is 5.91 Å². The Morgan fingerprint density at radius 3 is 2.29 bits per heavy atom. The van der Waals surface area contributed by atoms with Gasteiger partial charge in [-0.3, -0.25) is 4.79 Å². The molecular weight excluding hydrogens is 368 g/mol. The minimum atomic E-state index is 0.127. The molecule has 0 atom stereocenters. The first-order chi connectivity index (χ1) is 13.7. The second-order valence-electron chi connectivity index (χ2n) is 6.69. The topological polar surface area (TPSA) is 51.0 Å². The van der Waals surface area contributed by atoms with Crippen molar-refractivity contribution in [3.63, 3.8) is 0 Å². The first-order valence-electron chi connectivity index (χ1n) is 9.55. The highest BCUT2D eigenvalue weighted by atomic mass is 32.2. The lowest BCUT2D eigenvalue weighted by Crippen LogP contribution is -2.32. The van der Waals surface area contributed by atoms with E-state index < -0.39 is 0 Å². The number of rotatable bonds is 9. The van der Waals surface area contributed by atoms with E-state index in [2.05, 4.69) is 46.0 Å². The van der Waals surface area contributed by atoms with Crippen LogP contribution < -0.4 is 0 Å². The van der Waals surface area contributed by atoms with E-state index in [1.165, 1.54) is 17.3 Å². The number of hydrogen-bond acceptors (Lipinski definition) is 4. The third kappa shape index (κ3) is 5.45. The number of carbonyl (C=O) groups is 1. The molecule has 2 aromatic carbocycles. The van der Waals surface area contributed by atoms with Gasteiger partial charge in [0.25, 0.3) is 0 Å². The molecule has 28 heavy (non-hydrogen) atoms. The number of benzene rings is 2. The number of carbonyl (C=O) groups excluding carboxylic acids is 1. The molecule has 5 nitrogen and oxygen atoms in total. The van der Waals surface area contributed by atoms with Crippen LogP contribution in [0, 0.1) is 6.92 Å². The van der Waals surface area contributed by atoms with E-state index in [4.69, 9.17) is 0 Å². The molecule has 1 heterocycles. The van der Waals surface area contributed by atoms with Crippen LogP contribution in [0.4, 0.5) is 0 Å². The maximum absolute atomic E-state index is 12.8. The van der Waals surface area contributed by atoms with Crippen LogP contribution in [0.1, 0.15) is 30.3 Å². The molecule has 1 aromatic heterocycles. The van der Waals surface area contributed by atoms with Gasteiger partial charge in [-0.2, -0.15) is 0 Å². The summed E-state index contributed by atoms with van der Waals surface area (Å²) in [5.41, 5.74) is 2.34. The van der Waals surface area contributed by atoms with Gasteiger partial charge in [-0.1, -0.05) is 79.3 Å². The second kappa shape index (κ2) is 10.1. The molecule has 0 spiro atoms. The molecule has 146 valence electrons. The molecule has 0 fully saturated rings. The average Bonchev–Trinajstić information content (AvgIpc) is 3.07. The molecule has 6 heteroatoms. The summed E-state index contributed by atoms with van der Waals surface area (Å²) in [7, 11) is 0. The standard InChI is InChI=1S/C22H26N4OS/c1-3-14-25(15-19-10-6-4-7-11-19)21(27)17-28-22-24-23-18(2)26(22)16-20-12-8-5-9-13-20/h4-13H,3,14-17H2,1-2H3. The lowest BCUT2D eigenvalue weighted by Gasteiger charge is -2.22. The first kappa shape index (κ1) is 20.1. The van der Waals surface area contributed by atoms with Crippen molar-refractivity contribution >= 4 is 17.7 Å². The van der Waals surface area contributed by atoms with E-state index in [9.17, 15) is 4.79 Å². The molecule has 3 rings (SSSR count). The van der Waals surface area contributed by atoms with Crippen molar-refractivity contribution < 1.29 is 4.79 Å². The Morgan fingerprint density at radius 1 is 1.00 bits per heavy atom. The van der Waals surface area contributed by atoms with Crippen LogP contribution in [0.2, 0.25) is 0 Å². The molecule has 0 aliphatic carbocycles. The van der Waals surface area contributed by atoms with Crippen LogP contribution >= 0.6 is 11.8 Å². The van der Waals surface area contributed by atoms with Gasteiger partial charge in [0.15, 0.2) is 5.16 Å². The highest BCUT2D eigenvalue weighted by molar-refractivity contribution is 7.99. The summed E-state index contributed by atoms with van der Waals surface area (Å²) >= 11 is 1.46. The van der Waals surface area contributed by atoms with Crippen LogP contribution in [0.5, 0.6) is 0 Å². The quantitative estimate of drug-likeness (QED) is 0.511. The summed E-state index contributed by atoms with van der Waals surface area (Å²) < 4.78 is 2.06. The minimum Gasteiger partial charge on any atom is -0.338 e. The number of aromatic nitrogens is 3. The minimum absolute atomic E-state index is 0.127.